The van der Waals surface area contributed by atoms with Crippen LogP contribution in [0.4, 0.5) is 0 Å². The highest BCUT2D eigenvalue weighted by Crippen LogP contribution is 2.32. The lowest BCUT2D eigenvalue weighted by atomic mass is 9.80. The second-order valence-corrected chi connectivity index (χ2v) is 6.47. The average molecular weight is 336 g/mol. The fourth-order valence-electron chi connectivity index (χ4n) is 3.14. The van der Waals surface area contributed by atoms with Gasteiger partial charge in [0.25, 0.3) is 0 Å². The molecule has 124 valence electrons. The fourth-order valence-corrected chi connectivity index (χ4v) is 3.30. The molecule has 5 nitrogen and oxygen atoms in total. The molecule has 0 spiro atoms. The van der Waals surface area contributed by atoms with Crippen LogP contribution in [-0.4, -0.2) is 35.1 Å². The van der Waals surface area contributed by atoms with Crippen LogP contribution < -0.4 is 5.32 Å². The van der Waals surface area contributed by atoms with E-state index in [1.807, 2.05) is 19.2 Å². The zero-order valence-corrected chi connectivity index (χ0v) is 14.0. The Morgan fingerprint density at radius 3 is 3.13 bits per heavy atom. The lowest BCUT2D eigenvalue weighted by Gasteiger charge is -2.34. The van der Waals surface area contributed by atoms with E-state index in [0.29, 0.717) is 30.1 Å². The van der Waals surface area contributed by atoms with E-state index < -0.39 is 0 Å². The molecule has 2 aromatic rings. The van der Waals surface area contributed by atoms with Crippen molar-refractivity contribution >= 4 is 28.4 Å². The molecule has 6 heteroatoms. The highest BCUT2D eigenvalue weighted by Gasteiger charge is 2.30. The molecule has 0 atom stereocenters. The van der Waals surface area contributed by atoms with E-state index in [4.69, 9.17) is 16.3 Å². The van der Waals surface area contributed by atoms with Crippen LogP contribution in [0, 0.1) is 5.92 Å². The van der Waals surface area contributed by atoms with Crippen LogP contribution in [0.25, 0.3) is 10.9 Å². The Kier molecular flexibility index (Phi) is 5.18. The van der Waals surface area contributed by atoms with Crippen LogP contribution in [0.3, 0.4) is 0 Å². The van der Waals surface area contributed by atoms with Crippen LogP contribution in [0.5, 0.6) is 0 Å². The number of nitrogens with one attached hydrogen (secondary N) is 2. The molecule has 0 saturated heterocycles. The lowest BCUT2D eigenvalue weighted by molar-refractivity contribution is -0.124. The second kappa shape index (κ2) is 7.32. The first-order valence-corrected chi connectivity index (χ1v) is 8.53. The molecule has 1 fully saturated rings. The first-order valence-electron chi connectivity index (χ1n) is 8.15. The Hall–Kier alpha value is -1.59. The van der Waals surface area contributed by atoms with E-state index in [0.717, 1.165) is 42.3 Å². The van der Waals surface area contributed by atoms with Crippen molar-refractivity contribution in [1.82, 2.24) is 15.3 Å². The number of rotatable bonds is 7. The van der Waals surface area contributed by atoms with Crippen LogP contribution in [0.2, 0.25) is 5.15 Å². The Morgan fingerprint density at radius 2 is 2.35 bits per heavy atom. The monoisotopic (exact) mass is 335 g/mol. The third-order valence-corrected chi connectivity index (χ3v) is 4.61. The third kappa shape index (κ3) is 4.03. The van der Waals surface area contributed by atoms with Gasteiger partial charge in [0.05, 0.1) is 17.8 Å². The predicted octanol–water partition coefficient (Wildman–Crippen LogP) is 3.08. The van der Waals surface area contributed by atoms with Gasteiger partial charge in [-0.25, -0.2) is 4.98 Å². The summed E-state index contributed by atoms with van der Waals surface area (Å²) in [5.41, 5.74) is 2.11. The minimum Gasteiger partial charge on any atom is -0.378 e. The van der Waals surface area contributed by atoms with Gasteiger partial charge in [0.15, 0.2) is 0 Å². The molecule has 2 aromatic heterocycles. The van der Waals surface area contributed by atoms with Crippen molar-refractivity contribution in [2.75, 3.05) is 13.2 Å². The molecule has 3 rings (SSSR count). The number of aromatic amines is 1. The summed E-state index contributed by atoms with van der Waals surface area (Å²) in [5.74, 6) is 0.606. The number of carbonyl (C=O) groups is 1. The molecule has 2 N–H and O–H groups in total. The molecule has 0 radical (unpaired) electrons. The smallest absolute Gasteiger partial charge is 0.220 e. The molecule has 1 saturated carbocycles. The summed E-state index contributed by atoms with van der Waals surface area (Å²) in [6.45, 7) is 3.40. The molecule has 2 heterocycles. The third-order valence-electron chi connectivity index (χ3n) is 4.40. The summed E-state index contributed by atoms with van der Waals surface area (Å²) in [6, 6.07) is 1.85. The van der Waals surface area contributed by atoms with Crippen molar-refractivity contribution in [3.05, 3.63) is 29.2 Å². The van der Waals surface area contributed by atoms with Gasteiger partial charge in [-0.3, -0.25) is 4.79 Å². The van der Waals surface area contributed by atoms with Gasteiger partial charge in [0.2, 0.25) is 5.91 Å². The van der Waals surface area contributed by atoms with Gasteiger partial charge < -0.3 is 15.0 Å². The molecule has 1 aliphatic rings. The first kappa shape index (κ1) is 16.3. The van der Waals surface area contributed by atoms with Crippen molar-refractivity contribution in [3.8, 4) is 0 Å². The number of carbonyl (C=O) groups excluding carboxylic acids is 1. The van der Waals surface area contributed by atoms with Gasteiger partial charge in [-0.2, -0.15) is 0 Å². The molecule has 1 aliphatic carbocycles. The van der Waals surface area contributed by atoms with Crippen LogP contribution >= 0.6 is 11.6 Å². The fraction of sp³-hybridized carbons (Fsp3) is 0.529. The standard InChI is InChI=1S/C17H22ClN3O2/c1-2-23-13-5-11(6-13)7-17(22)19-4-3-12-9-20-15-10-21-16(18)8-14(12)15/h8-11,13,20H,2-7H2,1H3,(H,19,22). The van der Waals surface area contributed by atoms with Gasteiger partial charge in [-0.05, 0) is 43.7 Å². The minimum absolute atomic E-state index is 0.129. The summed E-state index contributed by atoms with van der Waals surface area (Å²) >= 11 is 5.94. The zero-order chi connectivity index (χ0) is 16.2. The Balaban J connectivity index is 1.42. The predicted molar refractivity (Wildman–Crippen MR) is 90.6 cm³/mol. The largest absolute Gasteiger partial charge is 0.378 e. The Bertz CT molecular complexity index is 680. The minimum atomic E-state index is 0.129. The van der Waals surface area contributed by atoms with Crippen molar-refractivity contribution in [2.45, 2.75) is 38.7 Å². The van der Waals surface area contributed by atoms with Gasteiger partial charge in [0, 0.05) is 31.2 Å². The Morgan fingerprint density at radius 1 is 1.52 bits per heavy atom. The van der Waals surface area contributed by atoms with Crippen LogP contribution in [0.15, 0.2) is 18.5 Å². The number of hydrogen-bond acceptors (Lipinski definition) is 3. The zero-order valence-electron chi connectivity index (χ0n) is 13.3. The van der Waals surface area contributed by atoms with Gasteiger partial charge >= 0.3 is 0 Å². The number of halogens is 1. The summed E-state index contributed by atoms with van der Waals surface area (Å²) in [6.07, 6.45) is 7.44. The SMILES string of the molecule is CCOC1CC(CC(=O)NCCc2c[nH]c3cnc(Cl)cc23)C1. The Labute approximate surface area is 140 Å². The maximum Gasteiger partial charge on any atom is 0.220 e. The van der Waals surface area contributed by atoms with Gasteiger partial charge in [0.1, 0.15) is 5.15 Å². The highest BCUT2D eigenvalue weighted by molar-refractivity contribution is 6.30. The van der Waals surface area contributed by atoms with E-state index in [1.165, 1.54) is 0 Å². The lowest BCUT2D eigenvalue weighted by Crippen LogP contribution is -2.36. The van der Waals surface area contributed by atoms with Gasteiger partial charge in [-0.1, -0.05) is 11.6 Å². The molecule has 0 bridgehead atoms. The number of aromatic nitrogens is 2. The number of pyridine rings is 1. The number of nitrogens with zero attached hydrogens (tertiary/aromatic N) is 1. The van der Waals surface area contributed by atoms with E-state index in [9.17, 15) is 4.79 Å². The molecule has 0 unspecified atom stereocenters. The van der Waals surface area contributed by atoms with E-state index in [1.54, 1.807) is 6.20 Å². The van der Waals surface area contributed by atoms with Crippen molar-refractivity contribution in [1.29, 1.82) is 0 Å². The molecular formula is C17H22ClN3O2. The maximum atomic E-state index is 12.0. The highest BCUT2D eigenvalue weighted by atomic mass is 35.5. The average Bonchev–Trinajstić information content (AvgIpc) is 2.88. The normalized spacial score (nSPS) is 20.4. The molecule has 0 aliphatic heterocycles. The van der Waals surface area contributed by atoms with Crippen molar-refractivity contribution in [2.24, 2.45) is 5.92 Å². The maximum absolute atomic E-state index is 12.0. The summed E-state index contributed by atoms with van der Waals surface area (Å²) in [4.78, 5) is 19.2. The van der Waals surface area contributed by atoms with Gasteiger partial charge in [-0.15, -0.1) is 0 Å². The van der Waals surface area contributed by atoms with E-state index >= 15 is 0 Å². The van der Waals surface area contributed by atoms with Crippen LogP contribution in [0.1, 0.15) is 31.7 Å². The topological polar surface area (TPSA) is 67.0 Å². The summed E-state index contributed by atoms with van der Waals surface area (Å²) in [7, 11) is 0. The second-order valence-electron chi connectivity index (χ2n) is 6.09. The quantitative estimate of drug-likeness (QED) is 0.764. The van der Waals surface area contributed by atoms with Crippen LogP contribution in [-0.2, 0) is 16.0 Å². The number of ether oxygens (including phenoxy) is 1. The molecule has 1 amide bonds. The molecule has 23 heavy (non-hydrogen) atoms. The number of amides is 1. The summed E-state index contributed by atoms with van der Waals surface area (Å²) in [5, 5.41) is 4.55. The number of H-pyrrole nitrogens is 1. The summed E-state index contributed by atoms with van der Waals surface area (Å²) < 4.78 is 5.52. The van der Waals surface area contributed by atoms with E-state index in [2.05, 4.69) is 15.3 Å². The number of fused-ring (bicyclic) bond motifs is 1. The van der Waals surface area contributed by atoms with Crippen molar-refractivity contribution < 1.29 is 9.53 Å². The molecule has 0 aromatic carbocycles. The van der Waals surface area contributed by atoms with Crippen molar-refractivity contribution in [3.63, 3.8) is 0 Å². The number of hydrogen-bond donors (Lipinski definition) is 2. The first-order chi connectivity index (χ1) is 11.2. The molecular weight excluding hydrogens is 314 g/mol. The van der Waals surface area contributed by atoms with E-state index in [-0.39, 0.29) is 5.91 Å².